The first-order valence-electron chi connectivity index (χ1n) is 12.5. The first-order valence-corrected chi connectivity index (χ1v) is 15.5. The molecular weight excluding hydrogens is 638 g/mol. The molecular formula is C28H27Cl3F3N3O4S. The molecule has 0 aliphatic carbocycles. The molecule has 0 aliphatic rings. The Morgan fingerprint density at radius 2 is 1.62 bits per heavy atom. The molecule has 0 aliphatic heterocycles. The zero-order valence-electron chi connectivity index (χ0n) is 22.5. The fourth-order valence-electron chi connectivity index (χ4n) is 4.18. The van der Waals surface area contributed by atoms with Gasteiger partial charge in [-0.15, -0.1) is 0 Å². The van der Waals surface area contributed by atoms with Gasteiger partial charge in [0.15, 0.2) is 0 Å². The fraction of sp³-hybridized carbons (Fsp3) is 0.286. The highest BCUT2D eigenvalue weighted by molar-refractivity contribution is 7.92. The van der Waals surface area contributed by atoms with Gasteiger partial charge in [0.25, 0.3) is 0 Å². The number of alkyl halides is 3. The molecule has 0 saturated carbocycles. The predicted octanol–water partition coefficient (Wildman–Crippen LogP) is 6.21. The second-order valence-electron chi connectivity index (χ2n) is 9.29. The van der Waals surface area contributed by atoms with Crippen LogP contribution in [-0.2, 0) is 38.8 Å². The summed E-state index contributed by atoms with van der Waals surface area (Å²) in [5.74, 6) is -1.38. The van der Waals surface area contributed by atoms with E-state index in [9.17, 15) is 31.2 Å². The minimum atomic E-state index is -4.88. The number of halogens is 6. The lowest BCUT2D eigenvalue weighted by atomic mass is 10.0. The van der Waals surface area contributed by atoms with E-state index in [1.54, 1.807) is 49.4 Å². The Balaban J connectivity index is 2.11. The fourth-order valence-corrected chi connectivity index (χ4v) is 5.71. The molecule has 0 aromatic heterocycles. The van der Waals surface area contributed by atoms with E-state index in [1.807, 2.05) is 0 Å². The van der Waals surface area contributed by atoms with Crippen LogP contribution >= 0.6 is 34.8 Å². The van der Waals surface area contributed by atoms with E-state index in [-0.39, 0.29) is 24.5 Å². The van der Waals surface area contributed by atoms with Crippen LogP contribution in [-0.4, -0.2) is 50.5 Å². The van der Waals surface area contributed by atoms with E-state index in [1.165, 1.54) is 6.07 Å². The van der Waals surface area contributed by atoms with Crippen LogP contribution in [0.3, 0.4) is 0 Å². The smallest absolute Gasteiger partial charge is 0.355 e. The summed E-state index contributed by atoms with van der Waals surface area (Å²) in [6, 6.07) is 14.8. The highest BCUT2D eigenvalue weighted by Gasteiger charge is 2.36. The number of sulfonamides is 1. The molecule has 1 atom stereocenters. The van der Waals surface area contributed by atoms with Gasteiger partial charge in [-0.3, -0.25) is 13.9 Å². The molecule has 14 heteroatoms. The molecule has 226 valence electrons. The molecule has 7 nitrogen and oxygen atoms in total. The normalized spacial score (nSPS) is 12.5. The molecule has 0 fully saturated rings. The summed E-state index contributed by atoms with van der Waals surface area (Å²) < 4.78 is 66.9. The van der Waals surface area contributed by atoms with Gasteiger partial charge in [-0.25, -0.2) is 8.42 Å². The van der Waals surface area contributed by atoms with Gasteiger partial charge in [0, 0.05) is 29.6 Å². The minimum absolute atomic E-state index is 0.0572. The Morgan fingerprint density at radius 1 is 0.952 bits per heavy atom. The topological polar surface area (TPSA) is 86.8 Å². The van der Waals surface area contributed by atoms with Gasteiger partial charge in [-0.1, -0.05) is 71.2 Å². The van der Waals surface area contributed by atoms with Gasteiger partial charge in [-0.05, 0) is 48.4 Å². The SMILES string of the molecule is CCNC(=O)[C@H](Cc1ccccc1)N(Cc1ccc(Cl)cc1Cl)C(=O)CN(c1ccc(Cl)c(C(F)(F)F)c1)S(C)(=O)=O. The van der Waals surface area contributed by atoms with Gasteiger partial charge >= 0.3 is 6.18 Å². The summed E-state index contributed by atoms with van der Waals surface area (Å²) >= 11 is 18.1. The van der Waals surface area contributed by atoms with Gasteiger partial charge in [-0.2, -0.15) is 13.2 Å². The molecule has 0 heterocycles. The summed E-state index contributed by atoms with van der Waals surface area (Å²) in [7, 11) is -4.29. The van der Waals surface area contributed by atoms with Crippen LogP contribution in [0.2, 0.25) is 15.1 Å². The van der Waals surface area contributed by atoms with Crippen molar-refractivity contribution in [2.45, 2.75) is 32.1 Å². The van der Waals surface area contributed by atoms with E-state index in [0.717, 1.165) is 23.3 Å². The van der Waals surface area contributed by atoms with Crippen LogP contribution in [0.25, 0.3) is 0 Å². The van der Waals surface area contributed by atoms with Gasteiger partial charge in [0.1, 0.15) is 12.6 Å². The van der Waals surface area contributed by atoms with Gasteiger partial charge in [0.05, 0.1) is 22.5 Å². The van der Waals surface area contributed by atoms with Gasteiger partial charge < -0.3 is 10.2 Å². The van der Waals surface area contributed by atoms with Crippen molar-refractivity contribution in [2.24, 2.45) is 0 Å². The summed E-state index contributed by atoms with van der Waals surface area (Å²) in [6.07, 6.45) is -4.06. The summed E-state index contributed by atoms with van der Waals surface area (Å²) in [5.41, 5.74) is -0.573. The van der Waals surface area contributed by atoms with E-state index in [2.05, 4.69) is 5.32 Å². The Bertz CT molecular complexity index is 1540. The minimum Gasteiger partial charge on any atom is -0.355 e. The van der Waals surface area contributed by atoms with Crippen molar-refractivity contribution in [1.82, 2.24) is 10.2 Å². The standard InChI is InChI=1S/C28H27Cl3F3N3O4S/c1-3-35-27(39)25(13-18-7-5-4-6-8-18)36(16-19-9-10-20(29)14-24(19)31)26(38)17-37(42(2,40)41)21-11-12-23(30)22(15-21)28(32,33)34/h4-12,14-15,25H,3,13,16-17H2,1-2H3,(H,35,39)/t25-/m0/s1. The van der Waals surface area contributed by atoms with Crippen molar-refractivity contribution in [1.29, 1.82) is 0 Å². The second kappa shape index (κ2) is 14.0. The van der Waals surface area contributed by atoms with E-state index in [0.29, 0.717) is 26.5 Å². The maximum atomic E-state index is 14.0. The highest BCUT2D eigenvalue weighted by Crippen LogP contribution is 2.37. The number of anilines is 1. The molecule has 0 radical (unpaired) electrons. The molecule has 0 unspecified atom stereocenters. The highest BCUT2D eigenvalue weighted by atomic mass is 35.5. The number of benzene rings is 3. The third kappa shape index (κ3) is 8.76. The lowest BCUT2D eigenvalue weighted by molar-refractivity contribution is -0.140. The maximum absolute atomic E-state index is 14.0. The molecule has 42 heavy (non-hydrogen) atoms. The second-order valence-corrected chi connectivity index (χ2v) is 12.4. The van der Waals surface area contributed by atoms with Crippen LogP contribution in [0.5, 0.6) is 0 Å². The van der Waals surface area contributed by atoms with Gasteiger partial charge in [0.2, 0.25) is 21.8 Å². The molecule has 0 saturated heterocycles. The number of hydrogen-bond acceptors (Lipinski definition) is 4. The number of nitrogens with one attached hydrogen (secondary N) is 1. The van der Waals surface area contributed by atoms with Crippen LogP contribution in [0.15, 0.2) is 66.7 Å². The molecule has 1 N–H and O–H groups in total. The quantitative estimate of drug-likeness (QED) is 0.264. The molecule has 0 bridgehead atoms. The van der Waals surface area contributed by atoms with E-state index in [4.69, 9.17) is 34.8 Å². The van der Waals surface area contributed by atoms with Crippen molar-refractivity contribution in [2.75, 3.05) is 23.7 Å². The van der Waals surface area contributed by atoms with Crippen molar-refractivity contribution in [3.8, 4) is 0 Å². The molecule has 3 rings (SSSR count). The Morgan fingerprint density at radius 3 is 2.19 bits per heavy atom. The zero-order chi connectivity index (χ0) is 31.2. The molecule has 0 spiro atoms. The first-order chi connectivity index (χ1) is 19.6. The monoisotopic (exact) mass is 663 g/mol. The molecule has 2 amide bonds. The number of carbonyl (C=O) groups is 2. The lowest BCUT2D eigenvalue weighted by Gasteiger charge is -2.33. The van der Waals surface area contributed by atoms with Crippen LogP contribution in [0.4, 0.5) is 18.9 Å². The average molecular weight is 665 g/mol. The molecule has 3 aromatic carbocycles. The van der Waals surface area contributed by atoms with Crippen molar-refractivity contribution in [3.63, 3.8) is 0 Å². The number of amides is 2. The van der Waals surface area contributed by atoms with Crippen molar-refractivity contribution >= 4 is 62.3 Å². The Labute approximate surface area is 257 Å². The zero-order valence-corrected chi connectivity index (χ0v) is 25.5. The predicted molar refractivity (Wildman–Crippen MR) is 158 cm³/mol. The third-order valence-electron chi connectivity index (χ3n) is 6.20. The summed E-state index contributed by atoms with van der Waals surface area (Å²) in [4.78, 5) is 28.5. The largest absolute Gasteiger partial charge is 0.417 e. The number of hydrogen-bond donors (Lipinski definition) is 1. The molecule has 3 aromatic rings. The summed E-state index contributed by atoms with van der Waals surface area (Å²) in [6.45, 7) is 0.807. The average Bonchev–Trinajstić information content (AvgIpc) is 2.90. The third-order valence-corrected chi connectivity index (χ3v) is 8.26. The maximum Gasteiger partial charge on any atom is 0.417 e. The van der Waals surface area contributed by atoms with E-state index < -0.39 is 56.9 Å². The lowest BCUT2D eigenvalue weighted by Crippen LogP contribution is -2.53. The number of carbonyl (C=O) groups excluding carboxylic acids is 2. The first kappa shape index (κ1) is 33.5. The Hall–Kier alpha value is -2.99. The number of likely N-dealkylation sites (N-methyl/N-ethyl adjacent to an activating group) is 1. The Kier molecular flexibility index (Phi) is 11.2. The van der Waals surface area contributed by atoms with Crippen LogP contribution in [0, 0.1) is 0 Å². The number of nitrogens with zero attached hydrogens (tertiary/aromatic N) is 2. The van der Waals surface area contributed by atoms with Crippen molar-refractivity contribution < 1.29 is 31.2 Å². The number of rotatable bonds is 11. The summed E-state index contributed by atoms with van der Waals surface area (Å²) in [5, 5.41) is 2.59. The van der Waals surface area contributed by atoms with E-state index >= 15 is 0 Å². The van der Waals surface area contributed by atoms with Crippen molar-refractivity contribution in [3.05, 3.63) is 98.5 Å². The van der Waals surface area contributed by atoms with Crippen LogP contribution < -0.4 is 9.62 Å². The van der Waals surface area contributed by atoms with Crippen LogP contribution in [0.1, 0.15) is 23.6 Å².